The largest absolute Gasteiger partial charge is 0.329 e. The lowest BCUT2D eigenvalue weighted by molar-refractivity contribution is 0.0118. The van der Waals surface area contributed by atoms with Gasteiger partial charge in [0.15, 0.2) is 0 Å². The average molecular weight is 358 g/mol. The number of halogens is 1. The molecule has 2 unspecified atom stereocenters. The Balaban J connectivity index is 1.75. The monoisotopic (exact) mass is 357 g/mol. The quantitative estimate of drug-likeness (QED) is 0.898. The predicted octanol–water partition coefficient (Wildman–Crippen LogP) is 2.90. The summed E-state index contributed by atoms with van der Waals surface area (Å²) in [6.45, 7) is 1.78. The van der Waals surface area contributed by atoms with Gasteiger partial charge in [0.05, 0.1) is 3.79 Å². The first-order valence-electron chi connectivity index (χ1n) is 7.40. The van der Waals surface area contributed by atoms with Crippen LogP contribution in [0.15, 0.2) is 15.2 Å². The summed E-state index contributed by atoms with van der Waals surface area (Å²) in [6, 6.07) is 3.69. The maximum Gasteiger partial charge on any atom is 0.0701 e. The van der Waals surface area contributed by atoms with Gasteiger partial charge in [-0.25, -0.2) is 0 Å². The maximum atomic E-state index is 6.23. The second-order valence-corrected chi connectivity index (χ2v) is 8.79. The van der Waals surface area contributed by atoms with Gasteiger partial charge in [-0.15, -0.1) is 11.3 Å². The number of fused-ring (bicyclic) bond motifs is 2. The van der Waals surface area contributed by atoms with Gasteiger partial charge in [-0.2, -0.15) is 0 Å². The minimum atomic E-state index is 0.187. The molecular formula is C15H24BrN3S. The number of hydrogen-bond acceptors (Lipinski definition) is 4. The van der Waals surface area contributed by atoms with Gasteiger partial charge in [0.2, 0.25) is 0 Å². The molecule has 0 amide bonds. The molecule has 2 aliphatic rings. The fourth-order valence-corrected chi connectivity index (χ4v) is 5.25. The standard InChI is InChI=1S/C15H24BrN3S/c1-18(8-11-5-14(16)20-9-11)15(10-17)6-12-3-4-13(7-15)19(12)2/h5,9,12-13H,3-4,6-8,10,17H2,1-2H3. The molecule has 3 heterocycles. The van der Waals surface area contributed by atoms with E-state index in [1.165, 1.54) is 35.0 Å². The summed E-state index contributed by atoms with van der Waals surface area (Å²) in [7, 11) is 4.54. The number of hydrogen-bond donors (Lipinski definition) is 1. The highest BCUT2D eigenvalue weighted by molar-refractivity contribution is 9.11. The van der Waals surface area contributed by atoms with E-state index in [9.17, 15) is 0 Å². The normalized spacial score (nSPS) is 34.0. The van der Waals surface area contributed by atoms with Gasteiger partial charge >= 0.3 is 0 Å². The van der Waals surface area contributed by atoms with Crippen LogP contribution < -0.4 is 5.73 Å². The first-order chi connectivity index (χ1) is 9.54. The molecule has 20 heavy (non-hydrogen) atoms. The van der Waals surface area contributed by atoms with E-state index in [-0.39, 0.29) is 5.54 Å². The van der Waals surface area contributed by atoms with Crippen LogP contribution in [0.2, 0.25) is 0 Å². The molecule has 0 saturated carbocycles. The second-order valence-electron chi connectivity index (χ2n) is 6.50. The maximum absolute atomic E-state index is 6.23. The first kappa shape index (κ1) is 15.0. The van der Waals surface area contributed by atoms with Crippen molar-refractivity contribution in [3.8, 4) is 0 Å². The molecule has 0 aliphatic carbocycles. The molecule has 3 rings (SSSR count). The highest BCUT2D eigenvalue weighted by atomic mass is 79.9. The Hall–Kier alpha value is 0.0600. The Bertz CT molecular complexity index is 461. The van der Waals surface area contributed by atoms with Crippen LogP contribution in [-0.4, -0.2) is 48.1 Å². The zero-order valence-electron chi connectivity index (χ0n) is 12.3. The molecule has 0 radical (unpaired) electrons. The van der Waals surface area contributed by atoms with Crippen LogP contribution in [0.5, 0.6) is 0 Å². The van der Waals surface area contributed by atoms with E-state index in [1.54, 1.807) is 11.3 Å². The molecule has 1 aromatic rings. The van der Waals surface area contributed by atoms with E-state index in [1.807, 2.05) is 0 Å². The fraction of sp³-hybridized carbons (Fsp3) is 0.733. The Morgan fingerprint density at radius 1 is 1.45 bits per heavy atom. The summed E-state index contributed by atoms with van der Waals surface area (Å²) in [5.41, 5.74) is 7.81. The minimum absolute atomic E-state index is 0.187. The summed E-state index contributed by atoms with van der Waals surface area (Å²) in [5, 5.41) is 2.24. The van der Waals surface area contributed by atoms with E-state index in [0.717, 1.165) is 25.2 Å². The SMILES string of the molecule is CN1C2CCC1CC(CN)(N(C)Cc1csc(Br)c1)C2. The Morgan fingerprint density at radius 2 is 2.10 bits per heavy atom. The summed E-state index contributed by atoms with van der Waals surface area (Å²) in [5.74, 6) is 0. The Morgan fingerprint density at radius 3 is 2.60 bits per heavy atom. The highest BCUT2D eigenvalue weighted by Gasteiger charge is 2.48. The molecule has 112 valence electrons. The number of rotatable bonds is 4. The van der Waals surface area contributed by atoms with Crippen molar-refractivity contribution in [1.82, 2.24) is 9.80 Å². The molecule has 2 aliphatic heterocycles. The smallest absolute Gasteiger partial charge is 0.0701 e. The zero-order valence-corrected chi connectivity index (χ0v) is 14.7. The number of nitrogens with two attached hydrogens (primary N) is 1. The molecule has 2 atom stereocenters. The van der Waals surface area contributed by atoms with E-state index < -0.39 is 0 Å². The number of piperidine rings is 1. The Labute approximate surface area is 134 Å². The topological polar surface area (TPSA) is 32.5 Å². The van der Waals surface area contributed by atoms with Crippen LogP contribution in [0.3, 0.4) is 0 Å². The van der Waals surface area contributed by atoms with Crippen molar-refractivity contribution in [3.05, 3.63) is 20.8 Å². The number of nitrogens with zero attached hydrogens (tertiary/aromatic N) is 2. The van der Waals surface area contributed by atoms with Gasteiger partial charge in [-0.05, 0) is 72.7 Å². The van der Waals surface area contributed by atoms with Crippen LogP contribution in [0, 0.1) is 0 Å². The molecule has 2 bridgehead atoms. The van der Waals surface area contributed by atoms with E-state index in [0.29, 0.717) is 0 Å². The van der Waals surface area contributed by atoms with Crippen molar-refractivity contribution in [2.45, 2.75) is 49.9 Å². The van der Waals surface area contributed by atoms with Gasteiger partial charge in [0, 0.05) is 30.7 Å². The summed E-state index contributed by atoms with van der Waals surface area (Å²) < 4.78 is 1.21. The summed E-state index contributed by atoms with van der Waals surface area (Å²) in [6.07, 6.45) is 5.14. The number of thiophene rings is 1. The minimum Gasteiger partial charge on any atom is -0.329 e. The molecule has 0 aromatic carbocycles. The van der Waals surface area contributed by atoms with Gasteiger partial charge in [0.25, 0.3) is 0 Å². The molecule has 2 N–H and O–H groups in total. The summed E-state index contributed by atoms with van der Waals surface area (Å²) >= 11 is 5.32. The van der Waals surface area contributed by atoms with Crippen molar-refractivity contribution < 1.29 is 0 Å². The Kier molecular flexibility index (Phi) is 4.26. The third-order valence-corrected chi connectivity index (χ3v) is 7.00. The molecule has 2 saturated heterocycles. The third kappa shape index (κ3) is 2.59. The lowest BCUT2D eigenvalue weighted by Crippen LogP contribution is -2.60. The van der Waals surface area contributed by atoms with Crippen LogP contribution in [-0.2, 0) is 6.54 Å². The molecule has 2 fully saturated rings. The van der Waals surface area contributed by atoms with Crippen LogP contribution in [0.1, 0.15) is 31.2 Å². The van der Waals surface area contributed by atoms with Crippen molar-refractivity contribution in [2.75, 3.05) is 20.6 Å². The van der Waals surface area contributed by atoms with E-state index in [2.05, 4.69) is 51.3 Å². The molecule has 1 aromatic heterocycles. The first-order valence-corrected chi connectivity index (χ1v) is 9.07. The van der Waals surface area contributed by atoms with Crippen LogP contribution >= 0.6 is 27.3 Å². The van der Waals surface area contributed by atoms with Gasteiger partial charge in [-0.1, -0.05) is 0 Å². The van der Waals surface area contributed by atoms with Crippen molar-refractivity contribution in [3.63, 3.8) is 0 Å². The fourth-order valence-electron chi connectivity index (χ4n) is 4.05. The van der Waals surface area contributed by atoms with Gasteiger partial charge < -0.3 is 10.6 Å². The molecule has 3 nitrogen and oxygen atoms in total. The van der Waals surface area contributed by atoms with Crippen LogP contribution in [0.4, 0.5) is 0 Å². The van der Waals surface area contributed by atoms with E-state index in [4.69, 9.17) is 5.73 Å². The second kappa shape index (κ2) is 5.69. The van der Waals surface area contributed by atoms with Crippen LogP contribution in [0.25, 0.3) is 0 Å². The van der Waals surface area contributed by atoms with Crippen molar-refractivity contribution >= 4 is 27.3 Å². The van der Waals surface area contributed by atoms with Crippen molar-refractivity contribution in [2.24, 2.45) is 5.73 Å². The molecular weight excluding hydrogens is 334 g/mol. The average Bonchev–Trinajstić information content (AvgIpc) is 2.90. The predicted molar refractivity (Wildman–Crippen MR) is 89.1 cm³/mol. The van der Waals surface area contributed by atoms with Crippen molar-refractivity contribution in [1.29, 1.82) is 0 Å². The highest BCUT2D eigenvalue weighted by Crippen LogP contribution is 2.42. The van der Waals surface area contributed by atoms with Gasteiger partial charge in [0.1, 0.15) is 0 Å². The summed E-state index contributed by atoms with van der Waals surface area (Å²) in [4.78, 5) is 5.10. The molecule has 0 spiro atoms. The lowest BCUT2D eigenvalue weighted by Gasteiger charge is -2.49. The van der Waals surface area contributed by atoms with Gasteiger partial charge in [-0.3, -0.25) is 4.90 Å². The zero-order chi connectivity index (χ0) is 14.3. The van der Waals surface area contributed by atoms with E-state index >= 15 is 0 Å². The number of likely N-dealkylation sites (N-methyl/N-ethyl adjacent to an activating group) is 1. The molecule has 5 heteroatoms. The lowest BCUT2D eigenvalue weighted by atomic mass is 9.81. The third-order valence-electron chi connectivity index (χ3n) is 5.45.